The van der Waals surface area contributed by atoms with Gasteiger partial charge in [0.05, 0.1) is 5.92 Å². The fourth-order valence-electron chi connectivity index (χ4n) is 3.08. The average molecular weight is 327 g/mol. The van der Waals surface area contributed by atoms with Gasteiger partial charge in [-0.25, -0.2) is 0 Å². The normalized spacial score (nSPS) is 22.2. The summed E-state index contributed by atoms with van der Waals surface area (Å²) in [5, 5.41) is 0. The van der Waals surface area contributed by atoms with E-state index in [1.165, 1.54) is 0 Å². The molecule has 1 fully saturated rings. The zero-order chi connectivity index (χ0) is 17.1. The Bertz CT molecular complexity index is 906. The molecule has 2 aromatic carbocycles. The van der Waals surface area contributed by atoms with Crippen LogP contribution in [0.4, 0.5) is 0 Å². The van der Waals surface area contributed by atoms with Crippen molar-refractivity contribution in [2.75, 3.05) is 0 Å². The lowest BCUT2D eigenvalue weighted by molar-refractivity contribution is -0.130. The van der Waals surface area contributed by atoms with Gasteiger partial charge in [-0.3, -0.25) is 4.79 Å². The lowest BCUT2D eigenvalue weighted by Gasteiger charge is -2.30. The molecule has 1 amide bonds. The number of carbonyl (C=O) groups excluding carboxylic acids is 1. The minimum atomic E-state index is -0.209. The Morgan fingerprint density at radius 2 is 1.52 bits per heavy atom. The van der Waals surface area contributed by atoms with E-state index in [0.717, 1.165) is 22.5 Å². The first-order valence-corrected chi connectivity index (χ1v) is 8.20. The van der Waals surface area contributed by atoms with E-state index in [4.69, 9.17) is 4.84 Å². The summed E-state index contributed by atoms with van der Waals surface area (Å²) in [7, 11) is 0. The largest absolute Gasteiger partial charge is 0.383 e. The summed E-state index contributed by atoms with van der Waals surface area (Å²) in [6.45, 7) is 0. The van der Waals surface area contributed by atoms with Crippen LogP contribution in [0.15, 0.2) is 95.8 Å². The van der Waals surface area contributed by atoms with Gasteiger partial charge < -0.3 is 4.84 Å². The minimum Gasteiger partial charge on any atom is -0.383 e. The first kappa shape index (κ1) is 15.2. The van der Waals surface area contributed by atoms with Crippen molar-refractivity contribution < 1.29 is 9.63 Å². The van der Waals surface area contributed by atoms with Crippen molar-refractivity contribution in [3.05, 3.63) is 107 Å². The summed E-state index contributed by atoms with van der Waals surface area (Å²) >= 11 is 0. The van der Waals surface area contributed by atoms with Crippen molar-refractivity contribution in [2.24, 2.45) is 5.92 Å². The van der Waals surface area contributed by atoms with Gasteiger partial charge in [0.2, 0.25) is 0 Å². The molecule has 25 heavy (non-hydrogen) atoms. The van der Waals surface area contributed by atoms with Crippen LogP contribution < -0.4 is 5.48 Å². The Balaban J connectivity index is 1.79. The highest BCUT2D eigenvalue weighted by atomic mass is 16.7. The number of benzene rings is 2. The molecule has 3 nitrogen and oxygen atoms in total. The van der Waals surface area contributed by atoms with Crippen LogP contribution in [0.1, 0.15) is 11.1 Å². The molecule has 0 spiro atoms. The molecule has 2 aromatic rings. The fourth-order valence-corrected chi connectivity index (χ4v) is 3.08. The van der Waals surface area contributed by atoms with Crippen molar-refractivity contribution in [1.82, 2.24) is 5.48 Å². The molecule has 4 rings (SSSR count). The van der Waals surface area contributed by atoms with Crippen LogP contribution in [-0.2, 0) is 9.63 Å². The summed E-state index contributed by atoms with van der Waals surface area (Å²) in [5.74, 6) is 0.311. The zero-order valence-corrected chi connectivity index (χ0v) is 13.6. The highest BCUT2D eigenvalue weighted by Gasteiger charge is 2.34. The van der Waals surface area contributed by atoms with E-state index in [-0.39, 0.29) is 11.8 Å². The van der Waals surface area contributed by atoms with Crippen molar-refractivity contribution >= 4 is 18.1 Å². The molecule has 1 aliphatic carbocycles. The molecule has 1 N–H and O–H groups in total. The first-order chi connectivity index (χ1) is 12.3. The highest BCUT2D eigenvalue weighted by Crippen LogP contribution is 2.37. The maximum atomic E-state index is 12.5. The van der Waals surface area contributed by atoms with Gasteiger partial charge >= 0.3 is 0 Å². The molecule has 122 valence electrons. The molecule has 0 bridgehead atoms. The number of nitrogens with one attached hydrogen (secondary N) is 1. The molecule has 0 saturated carbocycles. The van der Waals surface area contributed by atoms with Crippen molar-refractivity contribution in [3.63, 3.8) is 0 Å². The number of allylic oxidation sites excluding steroid dienone is 4. The maximum absolute atomic E-state index is 12.5. The molecule has 1 aliphatic heterocycles. The number of amides is 1. The van der Waals surface area contributed by atoms with E-state index in [2.05, 4.69) is 11.6 Å². The molecule has 2 aliphatic rings. The van der Waals surface area contributed by atoms with E-state index in [9.17, 15) is 4.79 Å². The molecule has 1 atom stereocenters. The Hall–Kier alpha value is -3.33. The van der Waals surface area contributed by atoms with E-state index in [1.807, 2.05) is 85.0 Å². The monoisotopic (exact) mass is 327 g/mol. The van der Waals surface area contributed by atoms with Gasteiger partial charge in [0.1, 0.15) is 5.76 Å². The summed E-state index contributed by atoms with van der Waals surface area (Å²) in [5.41, 5.74) is 6.28. The number of rotatable bonds is 2. The van der Waals surface area contributed by atoms with Crippen molar-refractivity contribution in [1.29, 1.82) is 0 Å². The number of hydrogen-bond acceptors (Lipinski definition) is 2. The van der Waals surface area contributed by atoms with Crippen LogP contribution in [-0.4, -0.2) is 5.91 Å². The lowest BCUT2D eigenvalue weighted by atomic mass is 9.83. The van der Waals surface area contributed by atoms with Gasteiger partial charge in [0, 0.05) is 5.57 Å². The molecule has 3 heteroatoms. The second kappa shape index (κ2) is 6.65. The molecule has 0 radical (unpaired) electrons. The second-order valence-corrected chi connectivity index (χ2v) is 5.96. The third-order valence-electron chi connectivity index (χ3n) is 4.26. The summed E-state index contributed by atoms with van der Waals surface area (Å²) < 4.78 is 0. The number of carbonyl (C=O) groups is 1. The molecule has 1 unspecified atom stereocenters. The van der Waals surface area contributed by atoms with Gasteiger partial charge in [0.15, 0.2) is 0 Å². The minimum absolute atomic E-state index is 0.208. The van der Waals surface area contributed by atoms with Gasteiger partial charge in [0.25, 0.3) is 5.91 Å². The molecular weight excluding hydrogens is 310 g/mol. The van der Waals surface area contributed by atoms with Crippen LogP contribution >= 0.6 is 0 Å². The Morgan fingerprint density at radius 3 is 2.20 bits per heavy atom. The average Bonchev–Trinajstić information content (AvgIpc) is 2.66. The fraction of sp³-hybridized carbons (Fsp3) is 0.0455. The second-order valence-electron chi connectivity index (χ2n) is 5.96. The van der Waals surface area contributed by atoms with E-state index in [0.29, 0.717) is 5.57 Å². The smallest absolute Gasteiger partial charge is 0.280 e. The van der Waals surface area contributed by atoms with E-state index in [1.54, 1.807) is 0 Å². The first-order valence-electron chi connectivity index (χ1n) is 8.20. The van der Waals surface area contributed by atoms with Crippen molar-refractivity contribution in [2.45, 2.75) is 0 Å². The van der Waals surface area contributed by atoms with Crippen molar-refractivity contribution in [3.8, 4) is 0 Å². The van der Waals surface area contributed by atoms with Crippen LogP contribution in [0.3, 0.4) is 0 Å². The zero-order valence-electron chi connectivity index (χ0n) is 13.6. The maximum Gasteiger partial charge on any atom is 0.280 e. The Morgan fingerprint density at radius 1 is 0.880 bits per heavy atom. The molecular formula is C22H17NO2. The summed E-state index contributed by atoms with van der Waals surface area (Å²) in [6, 6.07) is 19.9. The number of hydroxylamine groups is 1. The van der Waals surface area contributed by atoms with Crippen LogP contribution in [0.5, 0.6) is 0 Å². The van der Waals surface area contributed by atoms with E-state index >= 15 is 0 Å². The predicted molar refractivity (Wildman–Crippen MR) is 98.8 cm³/mol. The molecule has 0 aromatic heterocycles. The number of fused-ring (bicyclic) bond motifs is 1. The predicted octanol–water partition coefficient (Wildman–Crippen LogP) is 4.28. The Kier molecular flexibility index (Phi) is 4.05. The SMILES string of the molecule is O=C1NOC2=CC=CC(=Cc3ccccc3)C2C1=Cc1ccccc1. The topological polar surface area (TPSA) is 38.3 Å². The van der Waals surface area contributed by atoms with Gasteiger partial charge in [-0.1, -0.05) is 78.9 Å². The highest BCUT2D eigenvalue weighted by molar-refractivity contribution is 6.00. The third kappa shape index (κ3) is 3.17. The van der Waals surface area contributed by atoms with Gasteiger partial charge in [-0.05, 0) is 28.9 Å². The Labute approximate surface area is 146 Å². The summed E-state index contributed by atoms with van der Waals surface area (Å²) in [6.07, 6.45) is 9.88. The van der Waals surface area contributed by atoms with Crippen LogP contribution in [0, 0.1) is 5.92 Å². The quantitative estimate of drug-likeness (QED) is 0.836. The van der Waals surface area contributed by atoms with Gasteiger partial charge in [-0.2, -0.15) is 5.48 Å². The number of hydrogen-bond donors (Lipinski definition) is 1. The molecule has 1 heterocycles. The van der Waals surface area contributed by atoms with E-state index < -0.39 is 0 Å². The third-order valence-corrected chi connectivity index (χ3v) is 4.26. The standard InChI is InChI=1S/C22H17NO2/c24-22-19(15-17-10-5-2-6-11-17)21-18(12-7-13-20(21)25-23-22)14-16-8-3-1-4-9-16/h1-15,21H,(H,23,24). The van der Waals surface area contributed by atoms with Crippen LogP contribution in [0.25, 0.3) is 12.2 Å². The van der Waals surface area contributed by atoms with Gasteiger partial charge in [-0.15, -0.1) is 0 Å². The summed E-state index contributed by atoms with van der Waals surface area (Å²) in [4.78, 5) is 17.9. The molecule has 1 saturated heterocycles. The lowest BCUT2D eigenvalue weighted by Crippen LogP contribution is -2.37. The van der Waals surface area contributed by atoms with Crippen LogP contribution in [0.2, 0.25) is 0 Å².